The molecule has 12 nitrogen and oxygen atoms in total. The van der Waals surface area contributed by atoms with Crippen molar-refractivity contribution in [3.8, 4) is 17.3 Å². The number of phenols is 1. The van der Waals surface area contributed by atoms with E-state index in [-0.39, 0.29) is 22.3 Å². The second-order valence-corrected chi connectivity index (χ2v) is 9.77. The van der Waals surface area contributed by atoms with Gasteiger partial charge in [-0.2, -0.15) is 19.5 Å². The van der Waals surface area contributed by atoms with Gasteiger partial charge in [0.15, 0.2) is 5.76 Å². The molecule has 0 aliphatic heterocycles. The third-order valence-corrected chi connectivity index (χ3v) is 6.79. The van der Waals surface area contributed by atoms with Crippen LogP contribution in [0.2, 0.25) is 5.02 Å². The minimum absolute atomic E-state index is 0.0232. The summed E-state index contributed by atoms with van der Waals surface area (Å²) in [6.07, 6.45) is 4.32. The fourth-order valence-electron chi connectivity index (χ4n) is 3.73. The molecule has 0 aliphatic carbocycles. The van der Waals surface area contributed by atoms with Crippen LogP contribution in [0.5, 0.6) is 5.75 Å². The number of unbranched alkanes of at least 4 members (excludes halogenated alkanes) is 1. The van der Waals surface area contributed by atoms with Crippen LogP contribution >= 0.6 is 23.5 Å². The monoisotopic (exact) mass is 565 g/mol. The molecule has 0 fully saturated rings. The average Bonchev–Trinajstić information content (AvgIpc) is 3.60. The first kappa shape index (κ1) is 26.1. The molecule has 0 saturated carbocycles. The lowest BCUT2D eigenvalue weighted by molar-refractivity contribution is 0.0997. The minimum atomic E-state index is -0.746. The second kappa shape index (κ2) is 11.5. The number of hydrogen-bond donors (Lipinski definition) is 5. The molecule has 1 amide bonds. The van der Waals surface area contributed by atoms with Gasteiger partial charge in [0.2, 0.25) is 17.7 Å². The second-order valence-electron chi connectivity index (χ2n) is 8.48. The van der Waals surface area contributed by atoms with Crippen LogP contribution in [0.25, 0.3) is 17.4 Å². The number of furan rings is 1. The number of aryl methyl sites for hydroxylation is 1. The lowest BCUT2D eigenvalue weighted by atomic mass is 10.1. The van der Waals surface area contributed by atoms with E-state index in [0.717, 1.165) is 24.9 Å². The zero-order valence-corrected chi connectivity index (χ0v) is 22.0. The number of halogens is 1. The van der Waals surface area contributed by atoms with Crippen molar-refractivity contribution in [2.24, 2.45) is 5.73 Å². The van der Waals surface area contributed by atoms with E-state index in [0.29, 0.717) is 34.8 Å². The van der Waals surface area contributed by atoms with Crippen LogP contribution in [0, 0.1) is 0 Å². The highest BCUT2D eigenvalue weighted by molar-refractivity contribution is 8.00. The summed E-state index contributed by atoms with van der Waals surface area (Å²) >= 11 is 7.26. The standard InChI is InChI=1S/C25H24ClN9O3S/c26-18-13-16(12-17(20(18)36)21(27)37)39-34-15-8-6-14(7-9-15)4-1-2-10-29-24-31-23(28)35-25(32-24)30-22(33-35)19-5-3-11-38-19/h3,5-9,11-13,34,36H,1-2,4,10H2,(H2,27,37)(H3,28,29,30,31,32,33). The predicted octanol–water partition coefficient (Wildman–Crippen LogP) is 4.37. The number of nitrogens with two attached hydrogens (primary N) is 2. The van der Waals surface area contributed by atoms with Crippen molar-refractivity contribution in [2.45, 2.75) is 24.2 Å². The maximum Gasteiger partial charge on any atom is 0.259 e. The van der Waals surface area contributed by atoms with E-state index >= 15 is 0 Å². The van der Waals surface area contributed by atoms with E-state index in [1.807, 2.05) is 12.1 Å². The third-order valence-electron chi connectivity index (χ3n) is 5.69. The van der Waals surface area contributed by atoms with Crippen molar-refractivity contribution in [1.29, 1.82) is 0 Å². The van der Waals surface area contributed by atoms with Gasteiger partial charge in [-0.25, -0.2) is 0 Å². The number of hydrogen-bond acceptors (Lipinski definition) is 11. The summed E-state index contributed by atoms with van der Waals surface area (Å²) in [5, 5.41) is 17.4. The van der Waals surface area contributed by atoms with Gasteiger partial charge in [-0.3, -0.25) is 4.79 Å². The Bertz CT molecular complexity index is 1610. The van der Waals surface area contributed by atoms with Crippen LogP contribution in [-0.4, -0.2) is 42.1 Å². The number of aromatic nitrogens is 5. The largest absolute Gasteiger partial charge is 0.506 e. The molecule has 0 spiro atoms. The topological polar surface area (TPSA) is 183 Å². The van der Waals surface area contributed by atoms with Crippen LogP contribution in [0.4, 0.5) is 17.6 Å². The summed E-state index contributed by atoms with van der Waals surface area (Å²) in [4.78, 5) is 25.1. The van der Waals surface area contributed by atoms with Crippen molar-refractivity contribution in [3.63, 3.8) is 0 Å². The molecular weight excluding hydrogens is 542 g/mol. The summed E-state index contributed by atoms with van der Waals surface area (Å²) in [5.41, 5.74) is 13.4. The fraction of sp³-hybridized carbons (Fsp3) is 0.160. The van der Waals surface area contributed by atoms with Gasteiger partial charge in [-0.05, 0) is 73.2 Å². The molecule has 3 aromatic heterocycles. The lowest BCUT2D eigenvalue weighted by Crippen LogP contribution is -2.11. The smallest absolute Gasteiger partial charge is 0.259 e. The number of nitrogen functional groups attached to an aromatic ring is 1. The van der Waals surface area contributed by atoms with E-state index < -0.39 is 5.91 Å². The molecule has 0 unspecified atom stereocenters. The number of aromatic hydroxyl groups is 1. The Morgan fingerprint density at radius 3 is 2.69 bits per heavy atom. The number of anilines is 3. The van der Waals surface area contributed by atoms with Crippen molar-refractivity contribution >= 4 is 52.8 Å². The first-order valence-electron chi connectivity index (χ1n) is 11.9. The zero-order chi connectivity index (χ0) is 27.4. The first-order valence-corrected chi connectivity index (χ1v) is 13.1. The molecule has 5 rings (SSSR count). The van der Waals surface area contributed by atoms with E-state index in [9.17, 15) is 9.90 Å². The van der Waals surface area contributed by atoms with Crippen molar-refractivity contribution in [2.75, 3.05) is 22.3 Å². The van der Waals surface area contributed by atoms with E-state index in [4.69, 9.17) is 27.5 Å². The van der Waals surface area contributed by atoms with Gasteiger partial charge in [0.1, 0.15) is 5.75 Å². The maximum absolute atomic E-state index is 11.5. The molecule has 0 radical (unpaired) electrons. The minimum Gasteiger partial charge on any atom is -0.506 e. The molecule has 0 saturated heterocycles. The molecular formula is C25H24ClN9O3S. The number of nitrogens with one attached hydrogen (secondary N) is 2. The molecule has 39 heavy (non-hydrogen) atoms. The van der Waals surface area contributed by atoms with Gasteiger partial charge in [0, 0.05) is 17.1 Å². The fourth-order valence-corrected chi connectivity index (χ4v) is 4.74. The molecule has 200 valence electrons. The normalized spacial score (nSPS) is 11.1. The SMILES string of the molecule is NC(=O)c1cc(SNc2ccc(CCCCNc3nc(N)n4nc(-c5ccco5)nc4n3)cc2)cc(Cl)c1O. The number of rotatable bonds is 11. The van der Waals surface area contributed by atoms with Gasteiger partial charge in [0.25, 0.3) is 11.7 Å². The summed E-state index contributed by atoms with van der Waals surface area (Å²) in [6, 6.07) is 14.6. The number of nitrogens with zero attached hydrogens (tertiary/aromatic N) is 5. The molecule has 0 bridgehead atoms. The molecule has 3 heterocycles. The Hall–Kier alpha value is -4.49. The van der Waals surface area contributed by atoms with Gasteiger partial charge >= 0.3 is 0 Å². The maximum atomic E-state index is 11.5. The Balaban J connectivity index is 1.08. The summed E-state index contributed by atoms with van der Waals surface area (Å²) < 4.78 is 9.90. The number of primary amides is 1. The van der Waals surface area contributed by atoms with Gasteiger partial charge < -0.3 is 31.0 Å². The highest BCUT2D eigenvalue weighted by Crippen LogP contribution is 2.33. The van der Waals surface area contributed by atoms with Crippen molar-refractivity contribution in [1.82, 2.24) is 24.6 Å². The molecule has 7 N–H and O–H groups in total. The van der Waals surface area contributed by atoms with E-state index in [1.54, 1.807) is 24.5 Å². The van der Waals surface area contributed by atoms with Gasteiger partial charge in [-0.15, -0.1) is 5.10 Å². The van der Waals surface area contributed by atoms with E-state index in [1.165, 1.54) is 28.1 Å². The van der Waals surface area contributed by atoms with Crippen molar-refractivity contribution in [3.05, 3.63) is 70.9 Å². The molecule has 0 aliphatic rings. The molecule has 2 aromatic carbocycles. The Kier molecular flexibility index (Phi) is 7.70. The van der Waals surface area contributed by atoms with Crippen LogP contribution < -0.4 is 21.5 Å². The van der Waals surface area contributed by atoms with Crippen LogP contribution in [0.1, 0.15) is 28.8 Å². The number of fused-ring (bicyclic) bond motifs is 1. The highest BCUT2D eigenvalue weighted by Gasteiger charge is 2.15. The molecule has 5 aromatic rings. The van der Waals surface area contributed by atoms with Gasteiger partial charge in [0.05, 0.1) is 16.8 Å². The Labute approximate surface area is 231 Å². The van der Waals surface area contributed by atoms with Crippen LogP contribution in [-0.2, 0) is 6.42 Å². The van der Waals surface area contributed by atoms with Crippen LogP contribution in [0.3, 0.4) is 0 Å². The number of amides is 1. The van der Waals surface area contributed by atoms with E-state index in [2.05, 4.69) is 42.2 Å². The highest BCUT2D eigenvalue weighted by atomic mass is 35.5. The molecule has 14 heteroatoms. The average molecular weight is 566 g/mol. The summed E-state index contributed by atoms with van der Waals surface area (Å²) in [5.74, 6) is 0.763. The zero-order valence-electron chi connectivity index (χ0n) is 20.5. The number of carbonyl (C=O) groups excluding carboxylic acids is 1. The van der Waals surface area contributed by atoms with Crippen LogP contribution in [0.15, 0.2) is 64.1 Å². The molecule has 0 atom stereocenters. The quantitative estimate of drug-likeness (QED) is 0.113. The van der Waals surface area contributed by atoms with Crippen molar-refractivity contribution < 1.29 is 14.3 Å². The van der Waals surface area contributed by atoms with Gasteiger partial charge in [-0.1, -0.05) is 23.7 Å². The Morgan fingerprint density at radius 1 is 1.13 bits per heavy atom. The number of carbonyl (C=O) groups is 1. The Morgan fingerprint density at radius 2 is 1.95 bits per heavy atom. The number of benzene rings is 2. The predicted molar refractivity (Wildman–Crippen MR) is 150 cm³/mol. The lowest BCUT2D eigenvalue weighted by Gasteiger charge is -2.10. The summed E-state index contributed by atoms with van der Waals surface area (Å²) in [6.45, 7) is 0.674. The third kappa shape index (κ3) is 6.16. The first-order chi connectivity index (χ1) is 18.9. The summed E-state index contributed by atoms with van der Waals surface area (Å²) in [7, 11) is 0.